The van der Waals surface area contributed by atoms with Crippen LogP contribution in [-0.4, -0.2) is 34.7 Å². The Labute approximate surface area is 124 Å². The molecule has 0 amide bonds. The number of methoxy groups -OCH3 is 1. The Balaban J connectivity index is 0.00000200. The number of ether oxygens (including phenoxy) is 1. The SMILES string of the molecule is COc1ccc(S(=O)(=O)N[C@@H]2CCCNC2)cc1F.Cl. The zero-order valence-electron chi connectivity index (χ0n) is 11.1. The van der Waals surface area contributed by atoms with Crippen molar-refractivity contribution in [3.05, 3.63) is 24.0 Å². The lowest BCUT2D eigenvalue weighted by molar-refractivity contribution is 0.385. The average molecular weight is 325 g/mol. The first-order valence-electron chi connectivity index (χ1n) is 6.09. The molecule has 0 aromatic heterocycles. The molecule has 2 N–H and O–H groups in total. The summed E-state index contributed by atoms with van der Waals surface area (Å²) in [6.45, 7) is 1.49. The van der Waals surface area contributed by atoms with Crippen molar-refractivity contribution >= 4 is 22.4 Å². The Morgan fingerprint density at radius 3 is 2.75 bits per heavy atom. The summed E-state index contributed by atoms with van der Waals surface area (Å²) in [5.74, 6) is -0.662. The number of sulfonamides is 1. The van der Waals surface area contributed by atoms with Crippen LogP contribution in [0.3, 0.4) is 0 Å². The smallest absolute Gasteiger partial charge is 0.240 e. The summed E-state index contributed by atoms with van der Waals surface area (Å²) in [7, 11) is -2.36. The second kappa shape index (κ2) is 7.21. The normalized spacial score (nSPS) is 19.2. The van der Waals surface area contributed by atoms with Gasteiger partial charge < -0.3 is 10.1 Å². The molecule has 5 nitrogen and oxygen atoms in total. The zero-order valence-corrected chi connectivity index (χ0v) is 12.7. The Morgan fingerprint density at radius 2 is 2.20 bits per heavy atom. The zero-order chi connectivity index (χ0) is 13.9. The molecule has 1 heterocycles. The molecule has 0 aliphatic carbocycles. The Bertz CT molecular complexity index is 548. The van der Waals surface area contributed by atoms with E-state index in [9.17, 15) is 12.8 Å². The fraction of sp³-hybridized carbons (Fsp3) is 0.500. The molecule has 0 spiro atoms. The monoisotopic (exact) mass is 324 g/mol. The number of piperidine rings is 1. The van der Waals surface area contributed by atoms with Crippen molar-refractivity contribution in [2.45, 2.75) is 23.8 Å². The van der Waals surface area contributed by atoms with E-state index in [4.69, 9.17) is 4.74 Å². The number of hydrogen-bond donors (Lipinski definition) is 2. The standard InChI is InChI=1S/C12H17FN2O3S.ClH/c1-18-12-5-4-10(7-11(12)13)19(16,17)15-9-3-2-6-14-8-9;/h4-5,7,9,14-15H,2-3,6,8H2,1H3;1H/t9-;/m1./s1. The van der Waals surface area contributed by atoms with E-state index in [2.05, 4.69) is 10.0 Å². The van der Waals surface area contributed by atoms with Crippen LogP contribution in [0.25, 0.3) is 0 Å². The van der Waals surface area contributed by atoms with Crippen LogP contribution >= 0.6 is 12.4 Å². The van der Waals surface area contributed by atoms with Crippen molar-refractivity contribution in [3.8, 4) is 5.75 Å². The number of hydrogen-bond acceptors (Lipinski definition) is 4. The number of benzene rings is 1. The number of nitrogens with one attached hydrogen (secondary N) is 2. The van der Waals surface area contributed by atoms with Crippen LogP contribution < -0.4 is 14.8 Å². The van der Waals surface area contributed by atoms with Crippen LogP contribution in [0.5, 0.6) is 5.75 Å². The molecule has 2 rings (SSSR count). The molecule has 0 radical (unpaired) electrons. The van der Waals surface area contributed by atoms with Gasteiger partial charge in [-0.05, 0) is 37.6 Å². The van der Waals surface area contributed by atoms with Gasteiger partial charge in [-0.3, -0.25) is 0 Å². The van der Waals surface area contributed by atoms with Crippen molar-refractivity contribution < 1.29 is 17.5 Å². The van der Waals surface area contributed by atoms with Gasteiger partial charge in [-0.2, -0.15) is 0 Å². The molecular weight excluding hydrogens is 307 g/mol. The summed E-state index contributed by atoms with van der Waals surface area (Å²) < 4.78 is 45.1. The van der Waals surface area contributed by atoms with Crippen LogP contribution in [0.15, 0.2) is 23.1 Å². The van der Waals surface area contributed by atoms with Gasteiger partial charge in [0.1, 0.15) is 0 Å². The van der Waals surface area contributed by atoms with E-state index in [-0.39, 0.29) is 29.1 Å². The molecule has 1 aliphatic heterocycles. The molecule has 1 atom stereocenters. The lowest BCUT2D eigenvalue weighted by Gasteiger charge is -2.23. The molecule has 1 saturated heterocycles. The third kappa shape index (κ3) is 4.05. The topological polar surface area (TPSA) is 67.4 Å². The van der Waals surface area contributed by atoms with E-state index < -0.39 is 15.8 Å². The molecule has 1 aromatic rings. The maximum Gasteiger partial charge on any atom is 0.240 e. The summed E-state index contributed by atoms with van der Waals surface area (Å²) in [4.78, 5) is -0.0867. The van der Waals surface area contributed by atoms with Crippen LogP contribution in [-0.2, 0) is 10.0 Å². The molecule has 0 bridgehead atoms. The van der Waals surface area contributed by atoms with Gasteiger partial charge in [-0.1, -0.05) is 0 Å². The maximum atomic E-state index is 13.5. The van der Waals surface area contributed by atoms with Crippen LogP contribution in [0.1, 0.15) is 12.8 Å². The van der Waals surface area contributed by atoms with Crippen LogP contribution in [0, 0.1) is 5.82 Å². The summed E-state index contributed by atoms with van der Waals surface area (Å²) in [6, 6.07) is 3.46. The third-order valence-corrected chi connectivity index (χ3v) is 4.57. The van der Waals surface area contributed by atoms with Crippen molar-refractivity contribution in [1.82, 2.24) is 10.0 Å². The Kier molecular flexibility index (Phi) is 6.19. The van der Waals surface area contributed by atoms with Crippen LogP contribution in [0.4, 0.5) is 4.39 Å². The highest BCUT2D eigenvalue weighted by molar-refractivity contribution is 7.89. The van der Waals surface area contributed by atoms with Gasteiger partial charge >= 0.3 is 0 Å². The van der Waals surface area contributed by atoms with Crippen molar-refractivity contribution in [1.29, 1.82) is 0 Å². The van der Waals surface area contributed by atoms with Gasteiger partial charge in [-0.15, -0.1) is 12.4 Å². The lowest BCUT2D eigenvalue weighted by Crippen LogP contribution is -2.45. The average Bonchev–Trinajstić information content (AvgIpc) is 2.39. The first-order chi connectivity index (χ1) is 9.03. The van der Waals surface area contributed by atoms with Gasteiger partial charge in [0.2, 0.25) is 10.0 Å². The Hall–Kier alpha value is -0.890. The van der Waals surface area contributed by atoms with Gasteiger partial charge in [0.05, 0.1) is 12.0 Å². The van der Waals surface area contributed by atoms with E-state index in [1.807, 2.05) is 0 Å². The fourth-order valence-electron chi connectivity index (χ4n) is 2.05. The molecule has 8 heteroatoms. The second-order valence-corrected chi connectivity index (χ2v) is 6.17. The molecule has 0 saturated carbocycles. The molecule has 114 valence electrons. The highest BCUT2D eigenvalue weighted by Gasteiger charge is 2.22. The number of halogens is 2. The van der Waals surface area contributed by atoms with E-state index in [1.54, 1.807) is 0 Å². The van der Waals surface area contributed by atoms with Crippen molar-refractivity contribution in [2.24, 2.45) is 0 Å². The predicted molar refractivity (Wildman–Crippen MR) is 76.4 cm³/mol. The quantitative estimate of drug-likeness (QED) is 0.875. The fourth-order valence-corrected chi connectivity index (χ4v) is 3.34. The van der Waals surface area contributed by atoms with Gasteiger partial charge in [-0.25, -0.2) is 17.5 Å². The predicted octanol–water partition coefficient (Wildman–Crippen LogP) is 1.29. The largest absolute Gasteiger partial charge is 0.494 e. The van der Waals surface area contributed by atoms with E-state index >= 15 is 0 Å². The minimum Gasteiger partial charge on any atom is -0.494 e. The first kappa shape index (κ1) is 17.2. The minimum atomic E-state index is -3.69. The van der Waals surface area contributed by atoms with Crippen molar-refractivity contribution in [2.75, 3.05) is 20.2 Å². The maximum absolute atomic E-state index is 13.5. The lowest BCUT2D eigenvalue weighted by atomic mass is 10.1. The van der Waals surface area contributed by atoms with E-state index in [0.717, 1.165) is 25.5 Å². The van der Waals surface area contributed by atoms with E-state index in [0.29, 0.717) is 6.54 Å². The molecule has 1 aliphatic rings. The van der Waals surface area contributed by atoms with Gasteiger partial charge in [0.15, 0.2) is 11.6 Å². The molecule has 1 fully saturated rings. The molecule has 0 unspecified atom stereocenters. The van der Waals surface area contributed by atoms with E-state index in [1.165, 1.54) is 19.2 Å². The van der Waals surface area contributed by atoms with Crippen LogP contribution in [0.2, 0.25) is 0 Å². The summed E-state index contributed by atoms with van der Waals surface area (Å²) in [5, 5.41) is 3.12. The summed E-state index contributed by atoms with van der Waals surface area (Å²) in [5.41, 5.74) is 0. The molecule has 1 aromatic carbocycles. The highest BCUT2D eigenvalue weighted by Crippen LogP contribution is 2.21. The first-order valence-corrected chi connectivity index (χ1v) is 7.58. The second-order valence-electron chi connectivity index (χ2n) is 4.46. The van der Waals surface area contributed by atoms with Gasteiger partial charge in [0.25, 0.3) is 0 Å². The highest BCUT2D eigenvalue weighted by atomic mass is 35.5. The molecule has 20 heavy (non-hydrogen) atoms. The minimum absolute atomic E-state index is 0. The summed E-state index contributed by atoms with van der Waals surface area (Å²) >= 11 is 0. The third-order valence-electron chi connectivity index (χ3n) is 3.05. The number of rotatable bonds is 4. The van der Waals surface area contributed by atoms with Gasteiger partial charge in [0, 0.05) is 12.6 Å². The Morgan fingerprint density at radius 1 is 1.45 bits per heavy atom. The van der Waals surface area contributed by atoms with Crippen molar-refractivity contribution in [3.63, 3.8) is 0 Å². The summed E-state index contributed by atoms with van der Waals surface area (Å²) in [6.07, 6.45) is 1.70. The molecular formula is C12H18ClFN2O3S.